The summed E-state index contributed by atoms with van der Waals surface area (Å²) in [5.74, 6) is -2.24. The number of hydrogen-bond acceptors (Lipinski definition) is 8. The molecule has 0 aromatic carbocycles. The summed E-state index contributed by atoms with van der Waals surface area (Å²) in [6.45, 7) is 4.82. The number of ether oxygens (including phenoxy) is 4. The highest BCUT2D eigenvalue weighted by Crippen LogP contribution is 2.21. The van der Waals surface area contributed by atoms with Gasteiger partial charge in [-0.1, -0.05) is 448 Å². The predicted molar refractivity (Wildman–Crippen MR) is 454 cm³/mol. The van der Waals surface area contributed by atoms with Crippen LogP contribution in [-0.4, -0.2) is 82.3 Å². The molecule has 9 nitrogen and oxygen atoms in total. The number of unbranched alkanes of at least 4 members (excludes halogenated alkanes) is 66. The van der Waals surface area contributed by atoms with Crippen molar-refractivity contribution in [2.24, 2.45) is 0 Å². The molecule has 0 bridgehead atoms. The van der Waals surface area contributed by atoms with Crippen LogP contribution >= 0.6 is 0 Å². The first kappa shape index (κ1) is 102. The summed E-state index contributed by atoms with van der Waals surface area (Å²) < 4.78 is 22.9. The van der Waals surface area contributed by atoms with Crippen LogP contribution in [0.2, 0.25) is 0 Å². The Morgan fingerprint density at radius 2 is 0.514 bits per heavy atom. The number of nitrogens with zero attached hydrogens (tertiary/aromatic N) is 1. The van der Waals surface area contributed by atoms with Gasteiger partial charge in [-0.15, -0.1) is 0 Å². The summed E-state index contributed by atoms with van der Waals surface area (Å²) in [7, 11) is 5.96. The van der Waals surface area contributed by atoms with Gasteiger partial charge in [0, 0.05) is 12.8 Å². The predicted octanol–water partition coefficient (Wildman–Crippen LogP) is 29.4. The number of carbonyl (C=O) groups is 3. The highest BCUT2D eigenvalue weighted by atomic mass is 16.7. The number of aliphatic carboxylic acids is 1. The van der Waals surface area contributed by atoms with Crippen LogP contribution in [0, 0.1) is 0 Å². The van der Waals surface area contributed by atoms with Crippen LogP contribution in [0.5, 0.6) is 0 Å². The summed E-state index contributed by atoms with van der Waals surface area (Å²) in [6.07, 6.45) is 113. The van der Waals surface area contributed by atoms with E-state index in [0.717, 1.165) is 51.4 Å². The van der Waals surface area contributed by atoms with Crippen LogP contribution in [0.1, 0.15) is 489 Å². The van der Waals surface area contributed by atoms with Gasteiger partial charge < -0.3 is 33.3 Å². The van der Waals surface area contributed by atoms with E-state index in [2.05, 4.69) is 62.5 Å². The molecule has 0 aliphatic rings. The second kappa shape index (κ2) is 86.8. The highest BCUT2D eigenvalue weighted by molar-refractivity contribution is 5.70. The first-order chi connectivity index (χ1) is 51.6. The highest BCUT2D eigenvalue weighted by Gasteiger charge is 2.22. The Hall–Kier alpha value is -2.75. The lowest BCUT2D eigenvalue weighted by Gasteiger charge is -2.26. The summed E-state index contributed by atoms with van der Waals surface area (Å²) in [5.41, 5.74) is 0. The molecule has 0 fully saturated rings. The molecule has 0 saturated carbocycles. The Bertz CT molecular complexity index is 1870. The van der Waals surface area contributed by atoms with Crippen LogP contribution in [0.25, 0.3) is 0 Å². The van der Waals surface area contributed by atoms with E-state index in [-0.39, 0.29) is 32.2 Å². The Balaban J connectivity index is 3.87. The summed E-state index contributed by atoms with van der Waals surface area (Å²) in [4.78, 5) is 37.7. The van der Waals surface area contributed by atoms with Crippen molar-refractivity contribution in [3.63, 3.8) is 0 Å². The molecule has 0 heterocycles. The summed E-state index contributed by atoms with van der Waals surface area (Å²) in [5, 5.41) is 11.9. The average Bonchev–Trinajstić information content (AvgIpc) is 1.97. The number of quaternary nitrogens is 1. The van der Waals surface area contributed by atoms with Crippen molar-refractivity contribution in [1.29, 1.82) is 0 Å². The van der Waals surface area contributed by atoms with Crippen molar-refractivity contribution >= 4 is 17.9 Å². The second-order valence-electron chi connectivity index (χ2n) is 33.3. The molecular weight excluding hydrogens is 1300 g/mol. The van der Waals surface area contributed by atoms with E-state index >= 15 is 0 Å². The number of carbonyl (C=O) groups excluding carboxylic acids is 3. The fourth-order valence-electron chi connectivity index (χ4n) is 14.4. The maximum absolute atomic E-state index is 13.0. The first-order valence-electron chi connectivity index (χ1n) is 46.8. The van der Waals surface area contributed by atoms with E-state index in [4.69, 9.17) is 18.9 Å². The molecule has 0 radical (unpaired) electrons. The zero-order chi connectivity index (χ0) is 76.0. The van der Waals surface area contributed by atoms with Crippen LogP contribution in [0.15, 0.2) is 48.6 Å². The number of rotatable bonds is 89. The number of likely N-dealkylation sites (N-methyl/N-ethyl adjacent to an activating group) is 1. The topological polar surface area (TPSA) is 111 Å². The van der Waals surface area contributed by atoms with Gasteiger partial charge in [-0.05, 0) is 77.0 Å². The average molecular weight is 1480 g/mol. The first-order valence-corrected chi connectivity index (χ1v) is 46.8. The second-order valence-corrected chi connectivity index (χ2v) is 33.3. The van der Waals surface area contributed by atoms with Crippen molar-refractivity contribution in [2.45, 2.75) is 501 Å². The largest absolute Gasteiger partial charge is 0.545 e. The number of carboxylic acid groups (broad SMARTS) is 1. The normalized spacial score (nSPS) is 12.7. The Kier molecular flexibility index (Phi) is 84.6. The van der Waals surface area contributed by atoms with E-state index in [1.165, 1.54) is 411 Å². The molecule has 0 aliphatic carbocycles. The van der Waals surface area contributed by atoms with Crippen LogP contribution < -0.4 is 5.11 Å². The molecule has 2 unspecified atom stereocenters. The SMILES string of the molecule is CCCCCCC/C=C\C/C=C\C/C=C\CCCCCCCCCCCCCCCCCCCCCCCCCCC(=O)OC(COC(=O)CCCCCCCCCCCCCCCCCCCCCCCCCCCCCCC/C=C\CCCCCCCCCC)COC(OCC[N+](C)(C)C)C(=O)[O-]. The molecule has 105 heavy (non-hydrogen) atoms. The third-order valence-electron chi connectivity index (χ3n) is 21.5. The van der Waals surface area contributed by atoms with E-state index in [0.29, 0.717) is 17.4 Å². The number of carboxylic acids is 1. The molecule has 0 N–H and O–H groups in total. The lowest BCUT2D eigenvalue weighted by atomic mass is 10.0. The fourth-order valence-corrected chi connectivity index (χ4v) is 14.4. The van der Waals surface area contributed by atoms with Crippen molar-refractivity contribution in [1.82, 2.24) is 0 Å². The smallest absolute Gasteiger partial charge is 0.306 e. The monoisotopic (exact) mass is 1480 g/mol. The summed E-state index contributed by atoms with van der Waals surface area (Å²) in [6, 6.07) is 0. The minimum Gasteiger partial charge on any atom is -0.545 e. The zero-order valence-corrected chi connectivity index (χ0v) is 71.1. The molecule has 0 aliphatic heterocycles. The minimum absolute atomic E-state index is 0.151. The van der Waals surface area contributed by atoms with Crippen LogP contribution in [0.3, 0.4) is 0 Å². The number of allylic oxidation sites excluding steroid dienone is 8. The minimum atomic E-state index is -1.62. The van der Waals surface area contributed by atoms with Crippen molar-refractivity contribution in [3.05, 3.63) is 48.6 Å². The van der Waals surface area contributed by atoms with Crippen molar-refractivity contribution < 1.29 is 42.9 Å². The third-order valence-corrected chi connectivity index (χ3v) is 21.5. The van der Waals surface area contributed by atoms with E-state index in [1.807, 2.05) is 21.1 Å². The standard InChI is InChI=1S/C96H181NO8/c1-6-8-10-12-14-16-18-20-22-24-26-28-30-32-34-36-38-40-42-44-46-47-49-50-52-54-56-58-60-62-64-66-68-70-72-74-76-78-80-82-84-86-93(98)103-90-92(91-104-96(95(100)101)102-89-88-97(3,4)5)105-94(99)87-85-83-81-79-77-75-73-71-69-67-65-63-61-59-57-55-53-51-48-45-43-41-39-37-35-33-31-29-27-25-23-21-19-17-15-13-11-9-7-2/h19,21,24-27,31,33,92,96H,6-18,20,22-23,28-30,32,34-91H2,1-5H3/b21-19-,26-24-,27-25-,33-31-. The lowest BCUT2D eigenvalue weighted by molar-refractivity contribution is -0.870. The Morgan fingerprint density at radius 1 is 0.286 bits per heavy atom. The van der Waals surface area contributed by atoms with Gasteiger partial charge in [-0.2, -0.15) is 0 Å². The molecule has 2 atom stereocenters. The van der Waals surface area contributed by atoms with E-state index < -0.39 is 24.3 Å². The molecule has 0 spiro atoms. The Morgan fingerprint density at radius 3 is 0.771 bits per heavy atom. The molecule has 0 saturated heterocycles. The maximum Gasteiger partial charge on any atom is 0.306 e. The van der Waals surface area contributed by atoms with Crippen LogP contribution in [-0.2, 0) is 33.3 Å². The molecule has 618 valence electrons. The lowest BCUT2D eigenvalue weighted by Crippen LogP contribution is -2.44. The molecule has 0 aromatic heterocycles. The van der Waals surface area contributed by atoms with Crippen molar-refractivity contribution in [2.75, 3.05) is 47.5 Å². The third kappa shape index (κ3) is 88.3. The molecular formula is C96H181NO8. The summed E-state index contributed by atoms with van der Waals surface area (Å²) >= 11 is 0. The Labute approximate surface area is 654 Å². The fraction of sp³-hybridized carbons (Fsp3) is 0.885. The maximum atomic E-state index is 13.0. The number of esters is 2. The van der Waals surface area contributed by atoms with Gasteiger partial charge >= 0.3 is 11.9 Å². The molecule has 0 rings (SSSR count). The van der Waals surface area contributed by atoms with Crippen molar-refractivity contribution in [3.8, 4) is 0 Å². The van der Waals surface area contributed by atoms with Gasteiger partial charge in [0.05, 0.1) is 40.3 Å². The van der Waals surface area contributed by atoms with Gasteiger partial charge in [0.25, 0.3) is 0 Å². The van der Waals surface area contributed by atoms with E-state index in [9.17, 15) is 19.5 Å². The zero-order valence-electron chi connectivity index (χ0n) is 71.1. The molecule has 9 heteroatoms. The van der Waals surface area contributed by atoms with Gasteiger partial charge in [-0.25, -0.2) is 0 Å². The molecule has 0 amide bonds. The number of hydrogen-bond donors (Lipinski definition) is 0. The molecule has 0 aromatic rings. The van der Waals surface area contributed by atoms with Gasteiger partial charge in [-0.3, -0.25) is 9.59 Å². The quantitative estimate of drug-likeness (QED) is 0.0195. The van der Waals surface area contributed by atoms with Crippen LogP contribution in [0.4, 0.5) is 0 Å². The van der Waals surface area contributed by atoms with Gasteiger partial charge in [0.15, 0.2) is 12.4 Å². The van der Waals surface area contributed by atoms with Gasteiger partial charge in [0.1, 0.15) is 13.2 Å². The van der Waals surface area contributed by atoms with E-state index in [1.54, 1.807) is 0 Å². The van der Waals surface area contributed by atoms with Gasteiger partial charge in [0.2, 0.25) is 0 Å².